The Morgan fingerprint density at radius 1 is 1.00 bits per heavy atom. The van der Waals surface area contributed by atoms with E-state index in [1.165, 1.54) is 19.9 Å². The van der Waals surface area contributed by atoms with Gasteiger partial charge in [0.1, 0.15) is 11.8 Å². The Labute approximate surface area is 182 Å². The van der Waals surface area contributed by atoms with Crippen LogP contribution in [0.4, 0.5) is 0 Å². The van der Waals surface area contributed by atoms with Crippen LogP contribution >= 0.6 is 0 Å². The van der Waals surface area contributed by atoms with E-state index in [0.29, 0.717) is 6.54 Å². The highest BCUT2D eigenvalue weighted by atomic mass is 16.5. The summed E-state index contributed by atoms with van der Waals surface area (Å²) >= 11 is 0. The summed E-state index contributed by atoms with van der Waals surface area (Å²) in [7, 11) is 1.58. The monoisotopic (exact) mass is 424 g/mol. The number of ether oxygens (including phenoxy) is 2. The van der Waals surface area contributed by atoms with E-state index in [2.05, 4.69) is 10.6 Å². The van der Waals surface area contributed by atoms with Gasteiger partial charge < -0.3 is 20.1 Å². The van der Waals surface area contributed by atoms with Crippen molar-refractivity contribution in [3.63, 3.8) is 0 Å². The lowest BCUT2D eigenvalue weighted by Gasteiger charge is -2.17. The maximum absolute atomic E-state index is 12.2. The van der Waals surface area contributed by atoms with Crippen molar-refractivity contribution in [1.82, 2.24) is 10.6 Å². The van der Waals surface area contributed by atoms with Crippen molar-refractivity contribution in [3.05, 3.63) is 71.3 Å². The molecule has 0 fully saturated rings. The zero-order valence-corrected chi connectivity index (χ0v) is 18.2. The predicted octanol–water partition coefficient (Wildman–Crippen LogP) is 2.77. The molecule has 2 aromatic rings. The fraction of sp³-hybridized carbons (Fsp3) is 0.292. The Morgan fingerprint density at radius 2 is 1.65 bits per heavy atom. The van der Waals surface area contributed by atoms with E-state index in [1.807, 2.05) is 31.2 Å². The zero-order chi connectivity index (χ0) is 22.8. The Morgan fingerprint density at radius 3 is 2.26 bits per heavy atom. The number of hydrogen-bond donors (Lipinski definition) is 2. The van der Waals surface area contributed by atoms with Gasteiger partial charge in [-0.25, -0.2) is 4.79 Å². The Bertz CT molecular complexity index is 920. The maximum Gasteiger partial charge on any atom is 0.329 e. The molecule has 164 valence electrons. The maximum atomic E-state index is 12.2. The van der Waals surface area contributed by atoms with Gasteiger partial charge in [0.2, 0.25) is 5.91 Å². The number of benzene rings is 2. The van der Waals surface area contributed by atoms with E-state index in [4.69, 9.17) is 9.47 Å². The number of methoxy groups -OCH3 is 1. The molecule has 0 spiro atoms. The van der Waals surface area contributed by atoms with Gasteiger partial charge in [-0.3, -0.25) is 9.59 Å². The minimum absolute atomic E-state index is 0.337. The van der Waals surface area contributed by atoms with Crippen LogP contribution in [0.5, 0.6) is 5.75 Å². The Balaban J connectivity index is 1.77. The van der Waals surface area contributed by atoms with Gasteiger partial charge in [0.15, 0.2) is 6.10 Å². The minimum Gasteiger partial charge on any atom is -0.497 e. The van der Waals surface area contributed by atoms with Crippen molar-refractivity contribution in [2.45, 2.75) is 39.5 Å². The van der Waals surface area contributed by atoms with Gasteiger partial charge in [0, 0.05) is 12.6 Å². The topological polar surface area (TPSA) is 93.7 Å². The first-order valence-electron chi connectivity index (χ1n) is 9.95. The normalized spacial score (nSPS) is 12.6. The summed E-state index contributed by atoms with van der Waals surface area (Å²) in [5.74, 6) is -0.831. The van der Waals surface area contributed by atoms with Crippen LogP contribution in [0.25, 0.3) is 6.08 Å². The van der Waals surface area contributed by atoms with Gasteiger partial charge in [-0.15, -0.1) is 0 Å². The average molecular weight is 424 g/mol. The minimum atomic E-state index is -0.979. The SMILES string of the molecule is COc1ccc(/C=C/C(=O)N[C@@H](C)C(=O)OC(C)C(=O)NCc2ccc(C)cc2)cc1. The van der Waals surface area contributed by atoms with Crippen molar-refractivity contribution in [2.24, 2.45) is 0 Å². The van der Waals surface area contributed by atoms with E-state index in [9.17, 15) is 14.4 Å². The molecule has 2 rings (SSSR count). The first-order chi connectivity index (χ1) is 14.8. The standard InChI is InChI=1S/C24H28N2O5/c1-16-5-7-20(8-6-16)15-25-23(28)18(3)31-24(29)17(2)26-22(27)14-11-19-9-12-21(30-4)13-10-19/h5-14,17-18H,15H2,1-4H3,(H,25,28)(H,26,27)/b14-11+/t17-,18?/m0/s1. The van der Waals surface area contributed by atoms with Crippen LogP contribution in [0, 0.1) is 6.92 Å². The smallest absolute Gasteiger partial charge is 0.329 e. The molecule has 0 aliphatic carbocycles. The summed E-state index contributed by atoms with van der Waals surface area (Å²) in [6.07, 6.45) is 1.96. The second-order valence-electron chi connectivity index (χ2n) is 7.12. The number of amides is 2. The van der Waals surface area contributed by atoms with Crippen molar-refractivity contribution in [1.29, 1.82) is 0 Å². The first kappa shape index (κ1) is 23.7. The Kier molecular flexibility index (Phi) is 8.81. The molecule has 7 heteroatoms. The molecule has 0 aromatic heterocycles. The molecule has 7 nitrogen and oxygen atoms in total. The molecule has 1 unspecified atom stereocenters. The van der Waals surface area contributed by atoms with Crippen molar-refractivity contribution >= 4 is 23.9 Å². The molecule has 0 saturated carbocycles. The molecule has 0 heterocycles. The number of esters is 1. The van der Waals surface area contributed by atoms with E-state index < -0.39 is 29.9 Å². The second-order valence-corrected chi connectivity index (χ2v) is 7.12. The van der Waals surface area contributed by atoms with E-state index in [1.54, 1.807) is 37.5 Å². The van der Waals surface area contributed by atoms with Gasteiger partial charge in [0.25, 0.3) is 5.91 Å². The zero-order valence-electron chi connectivity index (χ0n) is 18.2. The third kappa shape index (κ3) is 7.97. The molecule has 0 bridgehead atoms. The van der Waals surface area contributed by atoms with E-state index in [-0.39, 0.29) is 0 Å². The largest absolute Gasteiger partial charge is 0.497 e. The molecular formula is C24H28N2O5. The summed E-state index contributed by atoms with van der Waals surface area (Å²) in [6.45, 7) is 5.31. The van der Waals surface area contributed by atoms with Crippen LogP contribution in [0.2, 0.25) is 0 Å². The predicted molar refractivity (Wildman–Crippen MR) is 118 cm³/mol. The summed E-state index contributed by atoms with van der Waals surface area (Å²) < 4.78 is 10.2. The quantitative estimate of drug-likeness (QED) is 0.477. The fourth-order valence-electron chi connectivity index (χ4n) is 2.58. The summed E-state index contributed by atoms with van der Waals surface area (Å²) in [5, 5.41) is 5.25. The lowest BCUT2D eigenvalue weighted by atomic mass is 10.1. The molecule has 0 aliphatic heterocycles. The van der Waals surface area contributed by atoms with Crippen LogP contribution in [-0.2, 0) is 25.7 Å². The molecule has 2 atom stereocenters. The van der Waals surface area contributed by atoms with Crippen LogP contribution in [0.1, 0.15) is 30.5 Å². The molecule has 2 N–H and O–H groups in total. The third-order valence-corrected chi connectivity index (χ3v) is 4.50. The molecule has 0 radical (unpaired) electrons. The number of rotatable bonds is 9. The highest BCUT2D eigenvalue weighted by Crippen LogP contribution is 2.12. The van der Waals surface area contributed by atoms with Crippen LogP contribution < -0.4 is 15.4 Å². The lowest BCUT2D eigenvalue weighted by Crippen LogP contribution is -2.43. The number of aryl methyl sites for hydroxylation is 1. The summed E-state index contributed by atoms with van der Waals surface area (Å²) in [6, 6.07) is 14.0. The number of carbonyl (C=O) groups excluding carboxylic acids is 3. The van der Waals surface area contributed by atoms with Crippen LogP contribution in [0.15, 0.2) is 54.6 Å². The first-order valence-corrected chi connectivity index (χ1v) is 9.95. The molecular weight excluding hydrogens is 396 g/mol. The van der Waals surface area contributed by atoms with Gasteiger partial charge >= 0.3 is 5.97 Å². The van der Waals surface area contributed by atoms with Gasteiger partial charge in [-0.05, 0) is 50.1 Å². The van der Waals surface area contributed by atoms with Crippen molar-refractivity contribution in [2.75, 3.05) is 7.11 Å². The Hall–Kier alpha value is -3.61. The molecule has 0 aliphatic rings. The fourth-order valence-corrected chi connectivity index (χ4v) is 2.58. The number of carbonyl (C=O) groups is 3. The molecule has 2 aromatic carbocycles. The molecule has 0 saturated heterocycles. The summed E-state index contributed by atoms with van der Waals surface area (Å²) in [4.78, 5) is 36.4. The molecule has 2 amide bonds. The van der Waals surface area contributed by atoms with E-state index in [0.717, 1.165) is 22.4 Å². The average Bonchev–Trinajstić information content (AvgIpc) is 2.77. The van der Waals surface area contributed by atoms with Crippen LogP contribution in [-0.4, -0.2) is 37.0 Å². The lowest BCUT2D eigenvalue weighted by molar-refractivity contribution is -0.157. The second kappa shape index (κ2) is 11.5. The molecule has 31 heavy (non-hydrogen) atoms. The van der Waals surface area contributed by atoms with E-state index >= 15 is 0 Å². The van der Waals surface area contributed by atoms with Crippen molar-refractivity contribution < 1.29 is 23.9 Å². The van der Waals surface area contributed by atoms with Crippen molar-refractivity contribution in [3.8, 4) is 5.75 Å². The highest BCUT2D eigenvalue weighted by molar-refractivity contribution is 5.95. The number of hydrogen-bond acceptors (Lipinski definition) is 5. The van der Waals surface area contributed by atoms with Gasteiger partial charge in [0.05, 0.1) is 7.11 Å². The highest BCUT2D eigenvalue weighted by Gasteiger charge is 2.22. The van der Waals surface area contributed by atoms with Gasteiger partial charge in [-0.2, -0.15) is 0 Å². The summed E-state index contributed by atoms with van der Waals surface area (Å²) in [5.41, 5.74) is 2.89. The number of nitrogens with one attached hydrogen (secondary N) is 2. The van der Waals surface area contributed by atoms with Crippen LogP contribution in [0.3, 0.4) is 0 Å². The van der Waals surface area contributed by atoms with Gasteiger partial charge in [-0.1, -0.05) is 42.0 Å². The third-order valence-electron chi connectivity index (χ3n) is 4.50.